The van der Waals surface area contributed by atoms with E-state index in [1.807, 2.05) is 38.1 Å². The molecule has 5 heteroatoms. The second-order valence-electron chi connectivity index (χ2n) is 4.42. The summed E-state index contributed by atoms with van der Waals surface area (Å²) in [5, 5.41) is 6.10. The van der Waals surface area contributed by atoms with Crippen LogP contribution in [0.25, 0.3) is 0 Å². The highest BCUT2D eigenvalue weighted by atomic mass is 79.9. The van der Waals surface area contributed by atoms with Crippen LogP contribution in [0.5, 0.6) is 5.75 Å². The topological polar surface area (TPSA) is 50.4 Å². The van der Waals surface area contributed by atoms with E-state index >= 15 is 0 Å². The molecule has 0 aliphatic rings. The fourth-order valence-electron chi connectivity index (χ4n) is 1.62. The van der Waals surface area contributed by atoms with Crippen molar-refractivity contribution in [1.29, 1.82) is 0 Å². The molecule has 0 spiro atoms. The molecule has 1 rings (SSSR count). The van der Waals surface area contributed by atoms with Gasteiger partial charge in [0.2, 0.25) is 0 Å². The molecule has 2 N–H and O–H groups in total. The number of amides is 1. The molecule has 1 aromatic carbocycles. The Bertz CT molecular complexity index is 412. The lowest BCUT2D eigenvalue weighted by atomic mass is 10.3. The number of hydrogen-bond donors (Lipinski definition) is 2. The third-order valence-electron chi connectivity index (χ3n) is 2.61. The first-order valence-corrected chi connectivity index (χ1v) is 7.25. The van der Waals surface area contributed by atoms with E-state index in [2.05, 4.69) is 26.6 Å². The van der Waals surface area contributed by atoms with E-state index < -0.39 is 6.10 Å². The van der Waals surface area contributed by atoms with Crippen molar-refractivity contribution in [2.75, 3.05) is 13.1 Å². The molecular formula is C14H21BrN2O2. The van der Waals surface area contributed by atoms with Crippen molar-refractivity contribution in [1.82, 2.24) is 10.6 Å². The SMILES string of the molecule is CCN[C@H](C)CNC(=O)C(C)Oc1cccc(Br)c1. The van der Waals surface area contributed by atoms with E-state index in [0.717, 1.165) is 11.0 Å². The van der Waals surface area contributed by atoms with Gasteiger partial charge in [-0.3, -0.25) is 4.79 Å². The van der Waals surface area contributed by atoms with Gasteiger partial charge in [0.15, 0.2) is 6.10 Å². The average molecular weight is 329 g/mol. The Morgan fingerprint density at radius 2 is 2.16 bits per heavy atom. The van der Waals surface area contributed by atoms with Crippen molar-refractivity contribution in [3.8, 4) is 5.75 Å². The van der Waals surface area contributed by atoms with Crippen LogP contribution < -0.4 is 15.4 Å². The van der Waals surface area contributed by atoms with Crippen LogP contribution in [0.3, 0.4) is 0 Å². The van der Waals surface area contributed by atoms with Gasteiger partial charge in [-0.15, -0.1) is 0 Å². The predicted molar refractivity (Wildman–Crippen MR) is 80.4 cm³/mol. The van der Waals surface area contributed by atoms with E-state index in [9.17, 15) is 4.79 Å². The average Bonchev–Trinajstić information content (AvgIpc) is 2.36. The third-order valence-corrected chi connectivity index (χ3v) is 3.11. The van der Waals surface area contributed by atoms with Crippen molar-refractivity contribution in [3.05, 3.63) is 28.7 Å². The minimum absolute atomic E-state index is 0.107. The lowest BCUT2D eigenvalue weighted by molar-refractivity contribution is -0.127. The number of carbonyl (C=O) groups excluding carboxylic acids is 1. The fraction of sp³-hybridized carbons (Fsp3) is 0.500. The lowest BCUT2D eigenvalue weighted by Gasteiger charge is -2.17. The van der Waals surface area contributed by atoms with Crippen molar-refractivity contribution >= 4 is 21.8 Å². The summed E-state index contributed by atoms with van der Waals surface area (Å²) in [6, 6.07) is 7.71. The highest BCUT2D eigenvalue weighted by Crippen LogP contribution is 2.18. The zero-order valence-electron chi connectivity index (χ0n) is 11.6. The van der Waals surface area contributed by atoms with Gasteiger partial charge < -0.3 is 15.4 Å². The molecule has 0 fully saturated rings. The summed E-state index contributed by atoms with van der Waals surface area (Å²) in [6.07, 6.45) is -0.511. The molecule has 19 heavy (non-hydrogen) atoms. The molecule has 0 aromatic heterocycles. The van der Waals surface area contributed by atoms with Gasteiger partial charge in [-0.25, -0.2) is 0 Å². The fourth-order valence-corrected chi connectivity index (χ4v) is 1.99. The summed E-state index contributed by atoms with van der Waals surface area (Å²) in [5.74, 6) is 0.571. The number of halogens is 1. The standard InChI is InChI=1S/C14H21BrN2O2/c1-4-16-10(2)9-17-14(18)11(3)19-13-7-5-6-12(15)8-13/h5-8,10-11,16H,4,9H2,1-3H3,(H,17,18)/t10-,11?/m1/s1. The number of ether oxygens (including phenoxy) is 1. The number of benzene rings is 1. The van der Waals surface area contributed by atoms with Gasteiger partial charge in [-0.1, -0.05) is 28.9 Å². The maximum absolute atomic E-state index is 11.9. The molecule has 1 unspecified atom stereocenters. The minimum atomic E-state index is -0.511. The van der Waals surface area contributed by atoms with E-state index in [1.54, 1.807) is 6.92 Å². The number of likely N-dealkylation sites (N-methyl/N-ethyl adjacent to an activating group) is 1. The summed E-state index contributed by atoms with van der Waals surface area (Å²) in [5.41, 5.74) is 0. The molecule has 0 radical (unpaired) electrons. The normalized spacial score (nSPS) is 13.7. The molecular weight excluding hydrogens is 308 g/mol. The molecule has 2 atom stereocenters. The Balaban J connectivity index is 2.40. The maximum Gasteiger partial charge on any atom is 0.260 e. The third kappa shape index (κ3) is 6.07. The van der Waals surface area contributed by atoms with E-state index in [1.165, 1.54) is 0 Å². The summed E-state index contributed by atoms with van der Waals surface area (Å²) >= 11 is 3.37. The first-order chi connectivity index (χ1) is 9.02. The Hall–Kier alpha value is -1.07. The smallest absolute Gasteiger partial charge is 0.260 e. The number of hydrogen-bond acceptors (Lipinski definition) is 3. The van der Waals surface area contributed by atoms with Crippen LogP contribution in [0.4, 0.5) is 0 Å². The Labute approximate surface area is 123 Å². The summed E-state index contributed by atoms with van der Waals surface area (Å²) in [6.45, 7) is 7.30. The largest absolute Gasteiger partial charge is 0.481 e. The molecule has 0 saturated heterocycles. The first-order valence-electron chi connectivity index (χ1n) is 6.46. The molecule has 1 amide bonds. The van der Waals surface area contributed by atoms with Gasteiger partial charge in [-0.05, 0) is 38.6 Å². The zero-order chi connectivity index (χ0) is 14.3. The van der Waals surface area contributed by atoms with Gasteiger partial charge in [-0.2, -0.15) is 0 Å². The Kier molecular flexibility index (Phi) is 6.87. The van der Waals surface area contributed by atoms with Crippen LogP contribution in [0.1, 0.15) is 20.8 Å². The van der Waals surface area contributed by atoms with Crippen LogP contribution in [-0.2, 0) is 4.79 Å². The molecule has 0 heterocycles. The molecule has 0 aliphatic carbocycles. The highest BCUT2D eigenvalue weighted by molar-refractivity contribution is 9.10. The van der Waals surface area contributed by atoms with Gasteiger partial charge in [0.25, 0.3) is 5.91 Å². The molecule has 0 saturated carbocycles. The summed E-state index contributed by atoms with van der Waals surface area (Å²) in [4.78, 5) is 11.9. The molecule has 1 aromatic rings. The van der Waals surface area contributed by atoms with Crippen LogP contribution in [0, 0.1) is 0 Å². The van der Waals surface area contributed by atoms with Gasteiger partial charge >= 0.3 is 0 Å². The van der Waals surface area contributed by atoms with Gasteiger partial charge in [0.05, 0.1) is 0 Å². The second-order valence-corrected chi connectivity index (χ2v) is 5.34. The lowest BCUT2D eigenvalue weighted by Crippen LogP contribution is -2.43. The second kappa shape index (κ2) is 8.17. The van der Waals surface area contributed by atoms with Crippen LogP contribution in [0.2, 0.25) is 0 Å². The monoisotopic (exact) mass is 328 g/mol. The maximum atomic E-state index is 11.9. The molecule has 106 valence electrons. The van der Waals surface area contributed by atoms with Gasteiger partial charge in [0.1, 0.15) is 5.75 Å². The minimum Gasteiger partial charge on any atom is -0.481 e. The van der Waals surface area contributed by atoms with Crippen molar-refractivity contribution in [2.24, 2.45) is 0 Å². The van der Waals surface area contributed by atoms with E-state index in [4.69, 9.17) is 4.74 Å². The van der Waals surface area contributed by atoms with E-state index in [-0.39, 0.29) is 11.9 Å². The summed E-state index contributed by atoms with van der Waals surface area (Å²) < 4.78 is 6.52. The molecule has 4 nitrogen and oxygen atoms in total. The number of nitrogens with one attached hydrogen (secondary N) is 2. The van der Waals surface area contributed by atoms with Crippen LogP contribution in [-0.4, -0.2) is 31.1 Å². The number of rotatable bonds is 7. The van der Waals surface area contributed by atoms with Crippen LogP contribution in [0.15, 0.2) is 28.7 Å². The predicted octanol–water partition coefficient (Wildman–Crippen LogP) is 2.33. The first kappa shape index (κ1) is 16.0. The van der Waals surface area contributed by atoms with Crippen molar-refractivity contribution in [2.45, 2.75) is 32.9 Å². The van der Waals surface area contributed by atoms with Crippen LogP contribution >= 0.6 is 15.9 Å². The highest BCUT2D eigenvalue weighted by Gasteiger charge is 2.15. The molecule has 0 bridgehead atoms. The van der Waals surface area contributed by atoms with Crippen molar-refractivity contribution in [3.63, 3.8) is 0 Å². The van der Waals surface area contributed by atoms with Gasteiger partial charge in [0, 0.05) is 17.1 Å². The van der Waals surface area contributed by atoms with E-state index in [0.29, 0.717) is 12.3 Å². The number of carbonyl (C=O) groups is 1. The Morgan fingerprint density at radius 3 is 2.79 bits per heavy atom. The Morgan fingerprint density at radius 1 is 1.42 bits per heavy atom. The van der Waals surface area contributed by atoms with Crippen molar-refractivity contribution < 1.29 is 9.53 Å². The quantitative estimate of drug-likeness (QED) is 0.807. The summed E-state index contributed by atoms with van der Waals surface area (Å²) in [7, 11) is 0. The molecule has 0 aliphatic heterocycles. The zero-order valence-corrected chi connectivity index (χ0v) is 13.2.